The highest BCUT2D eigenvalue weighted by Gasteiger charge is 2.40. The van der Waals surface area contributed by atoms with Gasteiger partial charge in [-0.15, -0.1) is 0 Å². The van der Waals surface area contributed by atoms with Crippen LogP contribution < -0.4 is 26.0 Å². The molecular formula is C37H43N7O2Si. The van der Waals surface area contributed by atoms with Gasteiger partial charge in [-0.3, -0.25) is 5.32 Å². The average molecular weight is 646 g/mol. The lowest BCUT2D eigenvalue weighted by atomic mass is 10.1. The number of carbonyl (C=O) groups is 1. The van der Waals surface area contributed by atoms with E-state index in [0.29, 0.717) is 29.1 Å². The van der Waals surface area contributed by atoms with Crippen molar-refractivity contribution >= 4 is 59.0 Å². The topological polar surface area (TPSA) is 106 Å². The average Bonchev–Trinajstić information content (AvgIpc) is 3.46. The van der Waals surface area contributed by atoms with Crippen LogP contribution in [0.2, 0.25) is 18.1 Å². The van der Waals surface area contributed by atoms with E-state index in [4.69, 9.17) is 9.84 Å². The lowest BCUT2D eigenvalue weighted by Crippen LogP contribution is -2.50. The molecule has 0 saturated heterocycles. The highest BCUT2D eigenvalue weighted by atomic mass is 28.3. The van der Waals surface area contributed by atoms with Gasteiger partial charge in [0.15, 0.2) is 0 Å². The van der Waals surface area contributed by atoms with Crippen LogP contribution in [-0.2, 0) is 0 Å². The van der Waals surface area contributed by atoms with Crippen LogP contribution in [0.3, 0.4) is 0 Å². The van der Waals surface area contributed by atoms with Crippen molar-refractivity contribution in [2.45, 2.75) is 59.2 Å². The lowest BCUT2D eigenvalue weighted by molar-refractivity contribution is 0.262. The number of hydrogen-bond donors (Lipinski definition) is 3. The molecule has 242 valence electrons. The van der Waals surface area contributed by atoms with E-state index in [-0.39, 0.29) is 11.1 Å². The number of amides is 2. The minimum atomic E-state index is -1.99. The molecule has 0 atom stereocenters. The third kappa shape index (κ3) is 7.61. The molecule has 3 aromatic carbocycles. The van der Waals surface area contributed by atoms with E-state index >= 15 is 0 Å². The summed E-state index contributed by atoms with van der Waals surface area (Å²) in [6, 6.07) is 24.5. The van der Waals surface area contributed by atoms with E-state index in [9.17, 15) is 4.79 Å². The number of aromatic nitrogens is 4. The molecule has 5 aromatic rings. The molecular weight excluding hydrogens is 603 g/mol. The molecule has 47 heavy (non-hydrogen) atoms. The number of rotatable bonds is 10. The second-order valence-electron chi connectivity index (χ2n) is 12.8. The van der Waals surface area contributed by atoms with Crippen LogP contribution in [0.5, 0.6) is 11.6 Å². The summed E-state index contributed by atoms with van der Waals surface area (Å²) in [5.41, 5.74) is 2.43. The van der Waals surface area contributed by atoms with Gasteiger partial charge < -0.3 is 15.4 Å². The van der Waals surface area contributed by atoms with Gasteiger partial charge in [-0.05, 0) is 54.8 Å². The van der Waals surface area contributed by atoms with Crippen LogP contribution in [0, 0.1) is 0 Å². The number of ether oxygens (including phenoxy) is 1. The fraction of sp³-hybridized carbons (Fsp3) is 0.243. The minimum Gasteiger partial charge on any atom is -0.438 e. The van der Waals surface area contributed by atoms with Gasteiger partial charge in [-0.2, -0.15) is 10.1 Å². The Morgan fingerprint density at radius 2 is 1.68 bits per heavy atom. The summed E-state index contributed by atoms with van der Waals surface area (Å²) < 4.78 is 8.08. The van der Waals surface area contributed by atoms with Crippen molar-refractivity contribution in [2.75, 3.05) is 16.0 Å². The zero-order valence-electron chi connectivity index (χ0n) is 28.1. The first-order chi connectivity index (χ1) is 22.5. The second-order valence-corrected chi connectivity index (χ2v) is 18.0. The number of para-hydroxylation sites is 1. The summed E-state index contributed by atoms with van der Waals surface area (Å²) in [5.74, 6) is 2.04. The van der Waals surface area contributed by atoms with Crippen LogP contribution in [0.25, 0.3) is 16.5 Å². The van der Waals surface area contributed by atoms with Crippen LogP contribution in [0.15, 0.2) is 103 Å². The summed E-state index contributed by atoms with van der Waals surface area (Å²) in [5, 5.41) is 17.2. The lowest BCUT2D eigenvalue weighted by Gasteiger charge is -2.35. The highest BCUT2D eigenvalue weighted by Crippen LogP contribution is 2.37. The quantitative estimate of drug-likeness (QED) is 0.103. The number of anilines is 4. The van der Waals surface area contributed by atoms with Crippen LogP contribution in [0.4, 0.5) is 27.9 Å². The molecule has 0 aliphatic carbocycles. The molecule has 2 aromatic heterocycles. The smallest absolute Gasteiger partial charge is 0.324 e. The standard InChI is InChI=1S/C37H43N7O2Si/c1-8-15-27(16-9-2)44-32(25-34(43-44)47(6,7)37(3,4)5)41-36(45)40-30-21-22-31(29-20-14-13-19-28(29)30)46-33-23-24-38-35(42-33)39-26-17-11-10-12-18-26/h8,10-25H,9H2,1-7H3,(H,38,39,42)(H2,40,41,45). The van der Waals surface area contributed by atoms with Crippen molar-refractivity contribution in [2.24, 2.45) is 0 Å². The van der Waals surface area contributed by atoms with Crippen LogP contribution in [-0.4, -0.2) is 33.9 Å². The maximum atomic E-state index is 13.6. The monoisotopic (exact) mass is 645 g/mol. The number of benzene rings is 3. The number of carbonyl (C=O) groups excluding carboxylic acids is 1. The van der Waals surface area contributed by atoms with Crippen molar-refractivity contribution in [3.8, 4) is 11.6 Å². The Morgan fingerprint density at radius 1 is 0.957 bits per heavy atom. The maximum Gasteiger partial charge on any atom is 0.324 e. The fourth-order valence-corrected chi connectivity index (χ4v) is 6.54. The molecule has 10 heteroatoms. The Balaban J connectivity index is 1.41. The number of urea groups is 1. The van der Waals surface area contributed by atoms with Gasteiger partial charge >= 0.3 is 6.03 Å². The molecule has 2 heterocycles. The van der Waals surface area contributed by atoms with E-state index in [1.807, 2.05) is 96.6 Å². The first-order valence-electron chi connectivity index (χ1n) is 15.9. The van der Waals surface area contributed by atoms with Crippen molar-refractivity contribution in [3.05, 3.63) is 103 Å². The summed E-state index contributed by atoms with van der Waals surface area (Å²) in [6.45, 7) is 15.5. The first kappa shape index (κ1) is 33.1. The number of nitrogens with zero attached hydrogens (tertiary/aromatic N) is 4. The van der Waals surface area contributed by atoms with Gasteiger partial charge in [0.1, 0.15) is 19.6 Å². The van der Waals surface area contributed by atoms with E-state index in [1.54, 1.807) is 12.3 Å². The van der Waals surface area contributed by atoms with Gasteiger partial charge in [-0.1, -0.05) is 95.4 Å². The van der Waals surface area contributed by atoms with E-state index in [1.165, 1.54) is 0 Å². The second kappa shape index (κ2) is 14.0. The summed E-state index contributed by atoms with van der Waals surface area (Å²) >= 11 is 0. The Labute approximate surface area is 277 Å². The van der Waals surface area contributed by atoms with Crippen molar-refractivity contribution in [1.82, 2.24) is 19.7 Å². The first-order valence-corrected chi connectivity index (χ1v) is 18.9. The third-order valence-electron chi connectivity index (χ3n) is 8.47. The Morgan fingerprint density at radius 3 is 2.38 bits per heavy atom. The largest absolute Gasteiger partial charge is 0.438 e. The highest BCUT2D eigenvalue weighted by molar-refractivity contribution is 6.91. The fourth-order valence-electron chi connectivity index (χ4n) is 4.92. The SMILES string of the molecule is CC=CC(=CCC)n1nc([Si](C)(C)C(C)(C)C)cc1NC(=O)Nc1ccc(Oc2ccnc(Nc3ccccc3)n2)c2ccccc12. The molecule has 0 saturated carbocycles. The van der Waals surface area contributed by atoms with Crippen molar-refractivity contribution in [1.29, 1.82) is 0 Å². The number of nitrogens with one attached hydrogen (secondary N) is 3. The Kier molecular flexibility index (Phi) is 9.91. The van der Waals surface area contributed by atoms with Gasteiger partial charge in [0.25, 0.3) is 0 Å². The molecule has 9 nitrogen and oxygen atoms in total. The van der Waals surface area contributed by atoms with Gasteiger partial charge in [0.05, 0.1) is 11.4 Å². The van der Waals surface area contributed by atoms with Gasteiger partial charge in [0.2, 0.25) is 11.8 Å². The predicted molar refractivity (Wildman–Crippen MR) is 197 cm³/mol. The molecule has 0 radical (unpaired) electrons. The zero-order valence-corrected chi connectivity index (χ0v) is 29.1. The van der Waals surface area contributed by atoms with Crippen LogP contribution >= 0.6 is 0 Å². The van der Waals surface area contributed by atoms with Gasteiger partial charge in [0, 0.05) is 34.0 Å². The van der Waals surface area contributed by atoms with E-state index in [0.717, 1.165) is 33.9 Å². The molecule has 2 amide bonds. The van der Waals surface area contributed by atoms with Crippen molar-refractivity contribution in [3.63, 3.8) is 0 Å². The Bertz CT molecular complexity index is 1920. The van der Waals surface area contributed by atoms with Gasteiger partial charge in [-0.25, -0.2) is 14.5 Å². The molecule has 0 fully saturated rings. The Hall–Kier alpha value is -5.22. The molecule has 5 rings (SSSR count). The molecule has 0 aliphatic heterocycles. The molecule has 3 N–H and O–H groups in total. The summed E-state index contributed by atoms with van der Waals surface area (Å²) in [4.78, 5) is 22.4. The number of allylic oxidation sites excluding steroid dienone is 4. The van der Waals surface area contributed by atoms with Crippen molar-refractivity contribution < 1.29 is 9.53 Å². The number of hydrogen-bond acceptors (Lipinski definition) is 6. The molecule has 0 unspecified atom stereocenters. The summed E-state index contributed by atoms with van der Waals surface area (Å²) in [7, 11) is -1.99. The molecule has 0 aliphatic rings. The normalized spacial score (nSPS) is 12.4. The minimum absolute atomic E-state index is 0.0788. The number of fused-ring (bicyclic) bond motifs is 1. The third-order valence-corrected chi connectivity index (χ3v) is 13.7. The zero-order chi connectivity index (χ0) is 33.6. The van der Waals surface area contributed by atoms with Crippen LogP contribution in [0.1, 0.15) is 41.0 Å². The maximum absolute atomic E-state index is 13.6. The van der Waals surface area contributed by atoms with E-state index in [2.05, 4.69) is 72.8 Å². The molecule has 0 spiro atoms. The van der Waals surface area contributed by atoms with E-state index < -0.39 is 8.07 Å². The molecule has 0 bridgehead atoms. The summed E-state index contributed by atoms with van der Waals surface area (Å²) in [6.07, 6.45) is 8.59. The predicted octanol–water partition coefficient (Wildman–Crippen LogP) is 9.55.